The molecule has 0 aliphatic rings. The number of hydrogen-bond acceptors (Lipinski definition) is 7. The minimum atomic E-state index is -0.618. The number of carbonyl (C=O) groups excluding carboxylic acids is 3. The van der Waals surface area contributed by atoms with Gasteiger partial charge in [0.15, 0.2) is 0 Å². The number of fused-ring (bicyclic) bond motifs is 1. The van der Waals surface area contributed by atoms with Crippen LogP contribution < -0.4 is 21.1 Å². The van der Waals surface area contributed by atoms with Gasteiger partial charge in [0, 0.05) is 28.4 Å². The second-order valence-corrected chi connectivity index (χ2v) is 10.1. The summed E-state index contributed by atoms with van der Waals surface area (Å²) in [6.07, 6.45) is -0.0173. The van der Waals surface area contributed by atoms with Gasteiger partial charge in [-0.15, -0.1) is 11.3 Å². The number of thiophene rings is 1. The molecule has 38 heavy (non-hydrogen) atoms. The molecule has 0 spiro atoms. The number of nitrogens with two attached hydrogens (primary N) is 1. The molecule has 10 nitrogen and oxygen atoms in total. The molecule has 4 aromatic rings. The normalized spacial score (nSPS) is 10.8. The molecular weight excluding hydrogens is 506 g/mol. The van der Waals surface area contributed by atoms with Gasteiger partial charge in [0.2, 0.25) is 11.9 Å². The van der Waals surface area contributed by atoms with Crippen molar-refractivity contribution in [3.63, 3.8) is 0 Å². The number of nitrogens with zero attached hydrogens (tertiary/aromatic N) is 2. The molecule has 0 bridgehead atoms. The van der Waals surface area contributed by atoms with Gasteiger partial charge >= 0.3 is 6.09 Å². The van der Waals surface area contributed by atoms with Crippen LogP contribution in [0.1, 0.15) is 42.5 Å². The van der Waals surface area contributed by atoms with E-state index < -0.39 is 12.0 Å². The molecule has 0 radical (unpaired) electrons. The number of aryl methyl sites for hydroxylation is 3. The van der Waals surface area contributed by atoms with E-state index in [9.17, 15) is 14.4 Å². The van der Waals surface area contributed by atoms with Gasteiger partial charge in [0.05, 0.1) is 18.2 Å². The molecule has 0 aliphatic carbocycles. The van der Waals surface area contributed by atoms with Crippen molar-refractivity contribution in [2.45, 2.75) is 33.4 Å². The van der Waals surface area contributed by atoms with Crippen LogP contribution in [-0.4, -0.2) is 41.1 Å². The topological polar surface area (TPSA) is 138 Å². The maximum Gasteiger partial charge on any atom is 0.407 e. The Kier molecular flexibility index (Phi) is 8.27. The highest BCUT2D eigenvalue weighted by atomic mass is 32.1. The van der Waals surface area contributed by atoms with E-state index in [4.69, 9.17) is 15.2 Å². The number of ether oxygens (including phenoxy) is 2. The van der Waals surface area contributed by atoms with Crippen LogP contribution in [0.25, 0.3) is 11.0 Å². The van der Waals surface area contributed by atoms with Crippen molar-refractivity contribution in [2.24, 2.45) is 5.73 Å². The number of hydrogen-bond donors (Lipinski definition) is 3. The molecule has 3 amide bonds. The largest absolute Gasteiger partial charge is 0.494 e. The first kappa shape index (κ1) is 26.7. The number of rotatable bonds is 10. The van der Waals surface area contributed by atoms with E-state index in [0.29, 0.717) is 47.8 Å². The lowest BCUT2D eigenvalue weighted by Crippen LogP contribution is -2.26. The molecule has 0 fully saturated rings. The molecule has 11 heteroatoms. The number of carbonyl (C=O) groups is 3. The van der Waals surface area contributed by atoms with Gasteiger partial charge in [-0.25, -0.2) is 9.78 Å². The number of anilines is 1. The lowest BCUT2D eigenvalue weighted by molar-refractivity contribution is 0.0997. The summed E-state index contributed by atoms with van der Waals surface area (Å²) in [5.41, 5.74) is 8.23. The van der Waals surface area contributed by atoms with Gasteiger partial charge in [0.25, 0.3) is 5.91 Å². The monoisotopic (exact) mass is 535 g/mol. The smallest absolute Gasteiger partial charge is 0.407 e. The Labute approximate surface area is 223 Å². The van der Waals surface area contributed by atoms with Crippen molar-refractivity contribution < 1.29 is 23.9 Å². The highest BCUT2D eigenvalue weighted by Crippen LogP contribution is 2.31. The Morgan fingerprint density at radius 3 is 2.53 bits per heavy atom. The molecule has 198 valence electrons. The third-order valence-corrected chi connectivity index (χ3v) is 6.83. The Hall–Kier alpha value is -4.38. The Morgan fingerprint density at radius 2 is 1.87 bits per heavy atom. The number of primary amides is 1. The van der Waals surface area contributed by atoms with Crippen LogP contribution >= 0.6 is 11.3 Å². The second-order valence-electron chi connectivity index (χ2n) is 8.62. The average Bonchev–Trinajstić information content (AvgIpc) is 3.43. The zero-order valence-corrected chi connectivity index (χ0v) is 22.2. The maximum atomic E-state index is 13.1. The molecule has 0 saturated carbocycles. The molecule has 0 saturated heterocycles. The molecular formula is C27H29N5O5S. The third kappa shape index (κ3) is 6.12. The van der Waals surface area contributed by atoms with Crippen LogP contribution in [-0.2, 0) is 17.9 Å². The van der Waals surface area contributed by atoms with E-state index in [-0.39, 0.29) is 18.1 Å². The van der Waals surface area contributed by atoms with Crippen molar-refractivity contribution in [1.82, 2.24) is 14.9 Å². The number of alkyl carbamates (subject to hydrolysis) is 1. The first-order chi connectivity index (χ1) is 18.3. The van der Waals surface area contributed by atoms with E-state index >= 15 is 0 Å². The fourth-order valence-corrected chi connectivity index (χ4v) is 4.99. The van der Waals surface area contributed by atoms with Gasteiger partial charge in [-0.3, -0.25) is 14.9 Å². The van der Waals surface area contributed by atoms with Crippen LogP contribution in [0.2, 0.25) is 0 Å². The summed E-state index contributed by atoms with van der Waals surface area (Å²) < 4.78 is 12.6. The first-order valence-electron chi connectivity index (χ1n) is 12.0. The maximum absolute atomic E-state index is 13.1. The lowest BCUT2D eigenvalue weighted by atomic mass is 10.1. The van der Waals surface area contributed by atoms with Crippen molar-refractivity contribution in [2.75, 3.05) is 19.0 Å². The van der Waals surface area contributed by atoms with E-state index in [1.54, 1.807) is 16.7 Å². The van der Waals surface area contributed by atoms with E-state index in [0.717, 1.165) is 15.3 Å². The highest BCUT2D eigenvalue weighted by molar-refractivity contribution is 7.12. The van der Waals surface area contributed by atoms with E-state index in [1.807, 2.05) is 50.2 Å². The molecule has 0 unspecified atom stereocenters. The Balaban J connectivity index is 1.52. The predicted octanol–water partition coefficient (Wildman–Crippen LogP) is 4.39. The Morgan fingerprint density at radius 1 is 1.11 bits per heavy atom. The van der Waals surface area contributed by atoms with E-state index in [1.165, 1.54) is 18.4 Å². The van der Waals surface area contributed by atoms with Gasteiger partial charge in [-0.05, 0) is 44.0 Å². The summed E-state index contributed by atoms with van der Waals surface area (Å²) in [5.74, 6) is -0.227. The average molecular weight is 536 g/mol. The summed E-state index contributed by atoms with van der Waals surface area (Å²) >= 11 is 1.54. The lowest BCUT2D eigenvalue weighted by Gasteiger charge is -2.13. The quantitative estimate of drug-likeness (QED) is 0.258. The second kappa shape index (κ2) is 11.8. The van der Waals surface area contributed by atoms with Crippen LogP contribution in [0, 0.1) is 13.8 Å². The zero-order chi connectivity index (χ0) is 27.2. The van der Waals surface area contributed by atoms with Crippen LogP contribution in [0.5, 0.6) is 5.75 Å². The SMILES string of the molecule is COc1cc(C(N)=O)cc2nc(NC(=O)c3cc(C)sc3C)n(CCCNC(=O)OCc3ccccc3)c12. The summed E-state index contributed by atoms with van der Waals surface area (Å²) in [4.78, 5) is 43.5. The molecule has 2 aromatic carbocycles. The van der Waals surface area contributed by atoms with E-state index in [2.05, 4.69) is 15.6 Å². The molecule has 2 aromatic heterocycles. The zero-order valence-electron chi connectivity index (χ0n) is 21.4. The molecule has 4 rings (SSSR count). The number of amides is 3. The number of benzene rings is 2. The van der Waals surface area contributed by atoms with Crippen LogP contribution in [0.4, 0.5) is 10.7 Å². The first-order valence-corrected chi connectivity index (χ1v) is 12.8. The fraction of sp³-hybridized carbons (Fsp3) is 0.259. The molecule has 0 aliphatic heterocycles. The van der Waals surface area contributed by atoms with Crippen LogP contribution in [0.15, 0.2) is 48.5 Å². The van der Waals surface area contributed by atoms with Gasteiger partial charge in [-0.1, -0.05) is 30.3 Å². The molecule has 4 N–H and O–H groups in total. The van der Waals surface area contributed by atoms with Gasteiger partial charge in [-0.2, -0.15) is 0 Å². The van der Waals surface area contributed by atoms with Crippen molar-refractivity contribution >= 4 is 46.2 Å². The summed E-state index contributed by atoms with van der Waals surface area (Å²) in [6.45, 7) is 4.72. The standard InChI is InChI=1S/C27H29N5O5S/c1-16-12-20(17(2)38-16)25(34)31-26-30-21-13-19(24(28)33)14-22(36-3)23(21)32(26)11-7-10-29-27(35)37-15-18-8-5-4-6-9-18/h4-6,8-9,12-14H,7,10-11,15H2,1-3H3,(H2,28,33)(H,29,35)(H,30,31,34). The predicted molar refractivity (Wildman–Crippen MR) is 146 cm³/mol. The summed E-state index contributed by atoms with van der Waals surface area (Å²) in [6, 6.07) is 14.3. The summed E-state index contributed by atoms with van der Waals surface area (Å²) in [5, 5.41) is 5.63. The number of aromatic nitrogens is 2. The fourth-order valence-electron chi connectivity index (χ4n) is 4.07. The van der Waals surface area contributed by atoms with Crippen molar-refractivity contribution in [1.29, 1.82) is 0 Å². The summed E-state index contributed by atoms with van der Waals surface area (Å²) in [7, 11) is 1.48. The van der Waals surface area contributed by atoms with Crippen molar-refractivity contribution in [3.05, 3.63) is 75.0 Å². The number of imidazole rings is 1. The third-order valence-electron chi connectivity index (χ3n) is 5.86. The van der Waals surface area contributed by atoms with Gasteiger partial charge < -0.3 is 25.1 Å². The number of methoxy groups -OCH3 is 1. The van der Waals surface area contributed by atoms with Crippen molar-refractivity contribution in [3.8, 4) is 5.75 Å². The number of nitrogens with one attached hydrogen (secondary N) is 2. The highest BCUT2D eigenvalue weighted by Gasteiger charge is 2.21. The minimum absolute atomic E-state index is 0.176. The van der Waals surface area contributed by atoms with Gasteiger partial charge in [0.1, 0.15) is 17.9 Å². The van der Waals surface area contributed by atoms with Crippen LogP contribution in [0.3, 0.4) is 0 Å². The minimum Gasteiger partial charge on any atom is -0.494 e. The molecule has 2 heterocycles. The Bertz CT molecular complexity index is 1480. The molecule has 0 atom stereocenters.